The molecule has 0 saturated heterocycles. The highest BCUT2D eigenvalue weighted by atomic mass is 16.3. The number of likely N-dealkylation sites (N-methyl/N-ethyl adjacent to an activating group) is 1. The van der Waals surface area contributed by atoms with Crippen molar-refractivity contribution in [1.82, 2.24) is 4.90 Å². The SMILES string of the molecule is CN(CCO)Cc1ccc(CC#N)cc1. The summed E-state index contributed by atoms with van der Waals surface area (Å²) in [5, 5.41) is 17.3. The number of benzene rings is 1. The van der Waals surface area contributed by atoms with Crippen LogP contribution in [-0.4, -0.2) is 30.2 Å². The second kappa shape index (κ2) is 6.18. The average molecular weight is 204 g/mol. The van der Waals surface area contributed by atoms with Gasteiger partial charge in [-0.15, -0.1) is 0 Å². The van der Waals surface area contributed by atoms with E-state index in [0.717, 1.165) is 12.1 Å². The first-order chi connectivity index (χ1) is 7.26. The number of aliphatic hydroxyl groups excluding tert-OH is 1. The molecule has 0 aliphatic carbocycles. The highest BCUT2D eigenvalue weighted by Gasteiger charge is 1.99. The van der Waals surface area contributed by atoms with E-state index in [9.17, 15) is 0 Å². The molecule has 0 aliphatic rings. The van der Waals surface area contributed by atoms with Crippen LogP contribution in [0.4, 0.5) is 0 Å². The van der Waals surface area contributed by atoms with Gasteiger partial charge in [-0.05, 0) is 18.2 Å². The van der Waals surface area contributed by atoms with Crippen molar-refractivity contribution in [2.24, 2.45) is 0 Å². The molecule has 0 aromatic heterocycles. The summed E-state index contributed by atoms with van der Waals surface area (Å²) >= 11 is 0. The molecule has 3 heteroatoms. The van der Waals surface area contributed by atoms with Crippen molar-refractivity contribution >= 4 is 0 Å². The minimum atomic E-state index is 0.184. The molecule has 0 fully saturated rings. The standard InChI is InChI=1S/C12H16N2O/c1-14(8-9-15)10-12-4-2-11(3-5-12)6-7-13/h2-5,15H,6,8-10H2,1H3. The van der Waals surface area contributed by atoms with Crippen LogP contribution >= 0.6 is 0 Å². The molecular weight excluding hydrogens is 188 g/mol. The molecule has 1 rings (SSSR count). The highest BCUT2D eigenvalue weighted by Crippen LogP contribution is 2.06. The summed E-state index contributed by atoms with van der Waals surface area (Å²) < 4.78 is 0. The summed E-state index contributed by atoms with van der Waals surface area (Å²) in [4.78, 5) is 2.05. The van der Waals surface area contributed by atoms with Gasteiger partial charge in [-0.25, -0.2) is 0 Å². The van der Waals surface area contributed by atoms with Crippen molar-refractivity contribution in [3.63, 3.8) is 0 Å². The molecule has 1 aromatic rings. The molecule has 0 unspecified atom stereocenters. The Morgan fingerprint density at radius 2 is 1.87 bits per heavy atom. The smallest absolute Gasteiger partial charge is 0.0669 e. The lowest BCUT2D eigenvalue weighted by molar-refractivity contribution is 0.217. The maximum Gasteiger partial charge on any atom is 0.0669 e. The number of rotatable bonds is 5. The minimum Gasteiger partial charge on any atom is -0.395 e. The maximum absolute atomic E-state index is 8.75. The molecule has 3 nitrogen and oxygen atoms in total. The summed E-state index contributed by atoms with van der Waals surface area (Å²) in [6.45, 7) is 1.69. The van der Waals surface area contributed by atoms with Gasteiger partial charge in [-0.3, -0.25) is 4.90 Å². The number of hydrogen-bond acceptors (Lipinski definition) is 3. The normalized spacial score (nSPS) is 10.3. The van der Waals surface area contributed by atoms with Gasteiger partial charge in [0.05, 0.1) is 19.1 Å². The van der Waals surface area contributed by atoms with Crippen molar-refractivity contribution in [2.45, 2.75) is 13.0 Å². The minimum absolute atomic E-state index is 0.184. The first kappa shape index (κ1) is 11.7. The van der Waals surface area contributed by atoms with Gasteiger partial charge in [-0.2, -0.15) is 5.26 Å². The lowest BCUT2D eigenvalue weighted by Crippen LogP contribution is -2.21. The highest BCUT2D eigenvalue weighted by molar-refractivity contribution is 5.24. The van der Waals surface area contributed by atoms with Gasteiger partial charge in [0.25, 0.3) is 0 Å². The third-order valence-electron chi connectivity index (χ3n) is 2.24. The first-order valence-electron chi connectivity index (χ1n) is 5.00. The zero-order valence-corrected chi connectivity index (χ0v) is 8.98. The molecule has 0 atom stereocenters. The van der Waals surface area contributed by atoms with Crippen LogP contribution in [0.3, 0.4) is 0 Å². The zero-order valence-electron chi connectivity index (χ0n) is 8.98. The van der Waals surface area contributed by atoms with E-state index in [1.807, 2.05) is 31.3 Å². The molecule has 0 spiro atoms. The Morgan fingerprint density at radius 1 is 1.27 bits per heavy atom. The van der Waals surface area contributed by atoms with Crippen LogP contribution in [0.1, 0.15) is 11.1 Å². The van der Waals surface area contributed by atoms with Crippen molar-refractivity contribution in [3.8, 4) is 6.07 Å². The molecule has 0 heterocycles. The number of nitriles is 1. The van der Waals surface area contributed by atoms with Gasteiger partial charge in [0.2, 0.25) is 0 Å². The lowest BCUT2D eigenvalue weighted by atomic mass is 10.1. The van der Waals surface area contributed by atoms with E-state index in [0.29, 0.717) is 13.0 Å². The van der Waals surface area contributed by atoms with E-state index in [1.54, 1.807) is 0 Å². The molecular formula is C12H16N2O. The molecule has 15 heavy (non-hydrogen) atoms. The lowest BCUT2D eigenvalue weighted by Gasteiger charge is -2.14. The maximum atomic E-state index is 8.75. The molecule has 1 N–H and O–H groups in total. The van der Waals surface area contributed by atoms with Crippen LogP contribution in [0, 0.1) is 11.3 Å². The van der Waals surface area contributed by atoms with Gasteiger partial charge in [0.15, 0.2) is 0 Å². The molecule has 0 amide bonds. The van der Waals surface area contributed by atoms with Gasteiger partial charge in [-0.1, -0.05) is 24.3 Å². The summed E-state index contributed by atoms with van der Waals surface area (Å²) in [5.41, 5.74) is 2.25. The van der Waals surface area contributed by atoms with Crippen LogP contribution in [0.15, 0.2) is 24.3 Å². The third kappa shape index (κ3) is 4.11. The molecule has 0 radical (unpaired) electrons. The van der Waals surface area contributed by atoms with Gasteiger partial charge in [0, 0.05) is 13.1 Å². The van der Waals surface area contributed by atoms with Gasteiger partial charge in [0.1, 0.15) is 0 Å². The Kier molecular flexibility index (Phi) is 4.82. The van der Waals surface area contributed by atoms with E-state index in [4.69, 9.17) is 10.4 Å². The third-order valence-corrected chi connectivity index (χ3v) is 2.24. The Bertz CT molecular complexity index is 326. The van der Waals surface area contributed by atoms with Crippen LogP contribution < -0.4 is 0 Å². The van der Waals surface area contributed by atoms with Crippen molar-refractivity contribution in [1.29, 1.82) is 5.26 Å². The Balaban J connectivity index is 2.53. The summed E-state index contributed by atoms with van der Waals surface area (Å²) in [5.74, 6) is 0. The largest absolute Gasteiger partial charge is 0.395 e. The quantitative estimate of drug-likeness (QED) is 0.783. The van der Waals surface area contributed by atoms with Crippen LogP contribution in [0.2, 0.25) is 0 Å². The number of aliphatic hydroxyl groups is 1. The molecule has 0 aliphatic heterocycles. The summed E-state index contributed by atoms with van der Waals surface area (Å²) in [6, 6.07) is 10.1. The van der Waals surface area contributed by atoms with Crippen LogP contribution in [0.25, 0.3) is 0 Å². The number of hydrogen-bond donors (Lipinski definition) is 1. The second-order valence-electron chi connectivity index (χ2n) is 3.61. The zero-order chi connectivity index (χ0) is 11.1. The van der Waals surface area contributed by atoms with Crippen molar-refractivity contribution in [2.75, 3.05) is 20.2 Å². The van der Waals surface area contributed by atoms with E-state index in [2.05, 4.69) is 11.0 Å². The predicted octanol–water partition coefficient (Wildman–Crippen LogP) is 1.18. The van der Waals surface area contributed by atoms with E-state index < -0.39 is 0 Å². The van der Waals surface area contributed by atoms with Gasteiger partial charge < -0.3 is 5.11 Å². The fraction of sp³-hybridized carbons (Fsp3) is 0.417. The fourth-order valence-corrected chi connectivity index (χ4v) is 1.42. The second-order valence-corrected chi connectivity index (χ2v) is 3.61. The van der Waals surface area contributed by atoms with Crippen LogP contribution in [-0.2, 0) is 13.0 Å². The molecule has 0 bridgehead atoms. The van der Waals surface area contributed by atoms with E-state index >= 15 is 0 Å². The number of nitrogens with zero attached hydrogens (tertiary/aromatic N) is 2. The van der Waals surface area contributed by atoms with Crippen molar-refractivity contribution < 1.29 is 5.11 Å². The average Bonchev–Trinajstić information content (AvgIpc) is 2.22. The van der Waals surface area contributed by atoms with E-state index in [1.165, 1.54) is 5.56 Å². The summed E-state index contributed by atoms with van der Waals surface area (Å²) in [6.07, 6.45) is 0.465. The monoisotopic (exact) mass is 204 g/mol. The van der Waals surface area contributed by atoms with Crippen molar-refractivity contribution in [3.05, 3.63) is 35.4 Å². The Hall–Kier alpha value is -1.37. The first-order valence-corrected chi connectivity index (χ1v) is 5.00. The molecule has 0 saturated carbocycles. The van der Waals surface area contributed by atoms with E-state index in [-0.39, 0.29) is 6.61 Å². The predicted molar refractivity (Wildman–Crippen MR) is 59.2 cm³/mol. The fourth-order valence-electron chi connectivity index (χ4n) is 1.42. The van der Waals surface area contributed by atoms with Gasteiger partial charge >= 0.3 is 0 Å². The molecule has 80 valence electrons. The Morgan fingerprint density at radius 3 is 2.40 bits per heavy atom. The van der Waals surface area contributed by atoms with Crippen LogP contribution in [0.5, 0.6) is 0 Å². The Labute approximate surface area is 90.6 Å². The molecule has 1 aromatic carbocycles. The topological polar surface area (TPSA) is 47.3 Å². The summed E-state index contributed by atoms with van der Waals surface area (Å²) in [7, 11) is 1.97.